The van der Waals surface area contributed by atoms with Gasteiger partial charge in [-0.25, -0.2) is 5.32 Å². The summed E-state index contributed by atoms with van der Waals surface area (Å²) < 4.78 is 0. The van der Waals surface area contributed by atoms with Crippen LogP contribution in [0.1, 0.15) is 20.8 Å². The average molecular weight is 99.2 g/mol. The zero-order valence-corrected chi connectivity index (χ0v) is 5.31. The quantitative estimate of drug-likeness (QED) is 0.505. The summed E-state index contributed by atoms with van der Waals surface area (Å²) in [5, 5.41) is 4.19. The van der Waals surface area contributed by atoms with E-state index < -0.39 is 0 Å². The Morgan fingerprint density at radius 2 is 2.14 bits per heavy atom. The van der Waals surface area contributed by atoms with Gasteiger partial charge in [0.25, 0.3) is 0 Å². The molecule has 0 unspecified atom stereocenters. The standard InChI is InChI=1S/C6H13N/c1-4-5-7-6(2)3/h4,6H,5H2,1-3H3. The van der Waals surface area contributed by atoms with Gasteiger partial charge in [0.05, 0.1) is 0 Å². The van der Waals surface area contributed by atoms with Crippen LogP contribution in [0.3, 0.4) is 0 Å². The van der Waals surface area contributed by atoms with Crippen molar-refractivity contribution in [3.63, 3.8) is 0 Å². The third-order valence-electron chi connectivity index (χ3n) is 0.653. The van der Waals surface area contributed by atoms with Crippen molar-refractivity contribution in [2.24, 2.45) is 0 Å². The minimum atomic E-state index is 0.496. The average Bonchev–Trinajstić information content (AvgIpc) is 1.61. The maximum absolute atomic E-state index is 4.19. The van der Waals surface area contributed by atoms with Crippen LogP contribution in [0, 0.1) is 6.42 Å². The predicted octanol–water partition coefficient (Wildman–Crippen LogP) is 1.22. The van der Waals surface area contributed by atoms with E-state index in [0.717, 1.165) is 6.54 Å². The monoisotopic (exact) mass is 99.1 g/mol. The lowest BCUT2D eigenvalue weighted by molar-refractivity contribution is 0.606. The lowest BCUT2D eigenvalue weighted by Gasteiger charge is -2.00. The summed E-state index contributed by atoms with van der Waals surface area (Å²) in [6, 6.07) is 0.496. The fraction of sp³-hybridized carbons (Fsp3) is 0.833. The molecule has 0 spiro atoms. The van der Waals surface area contributed by atoms with Crippen molar-refractivity contribution < 1.29 is 0 Å². The van der Waals surface area contributed by atoms with E-state index in [9.17, 15) is 0 Å². The van der Waals surface area contributed by atoms with Gasteiger partial charge in [0, 0.05) is 12.6 Å². The van der Waals surface area contributed by atoms with Gasteiger partial charge < -0.3 is 0 Å². The first-order valence-electron chi connectivity index (χ1n) is 2.71. The van der Waals surface area contributed by atoms with Crippen LogP contribution >= 0.6 is 0 Å². The van der Waals surface area contributed by atoms with Gasteiger partial charge in [0.2, 0.25) is 0 Å². The minimum absolute atomic E-state index is 0.496. The summed E-state index contributed by atoms with van der Waals surface area (Å²) in [4.78, 5) is 0. The molecule has 0 atom stereocenters. The molecule has 0 amide bonds. The molecule has 1 nitrogen and oxygen atoms in total. The van der Waals surface area contributed by atoms with E-state index in [1.807, 2.05) is 6.92 Å². The van der Waals surface area contributed by atoms with E-state index >= 15 is 0 Å². The van der Waals surface area contributed by atoms with E-state index in [4.69, 9.17) is 0 Å². The van der Waals surface area contributed by atoms with Crippen LogP contribution in [0.15, 0.2) is 0 Å². The highest BCUT2D eigenvalue weighted by Gasteiger charge is 1.88. The fourth-order valence-electron chi connectivity index (χ4n) is 0.316. The maximum Gasteiger partial charge on any atom is 0.0189 e. The van der Waals surface area contributed by atoms with Crippen molar-refractivity contribution in [2.75, 3.05) is 6.54 Å². The number of hydrogen-bond donors (Lipinski definition) is 0. The van der Waals surface area contributed by atoms with E-state index in [-0.39, 0.29) is 0 Å². The zero-order chi connectivity index (χ0) is 5.70. The highest BCUT2D eigenvalue weighted by Crippen LogP contribution is 1.78. The fourth-order valence-corrected chi connectivity index (χ4v) is 0.316. The Morgan fingerprint density at radius 1 is 1.57 bits per heavy atom. The largest absolute Gasteiger partial charge is 0.239 e. The van der Waals surface area contributed by atoms with Crippen molar-refractivity contribution in [2.45, 2.75) is 26.8 Å². The van der Waals surface area contributed by atoms with Gasteiger partial charge in [-0.3, -0.25) is 0 Å². The van der Waals surface area contributed by atoms with Crippen LogP contribution in [-0.4, -0.2) is 12.6 Å². The van der Waals surface area contributed by atoms with Gasteiger partial charge in [-0.15, -0.1) is 0 Å². The van der Waals surface area contributed by atoms with Crippen LogP contribution in [0.2, 0.25) is 0 Å². The molecular formula is C6H13N. The van der Waals surface area contributed by atoms with Crippen molar-refractivity contribution in [1.82, 2.24) is 5.32 Å². The topological polar surface area (TPSA) is 14.1 Å². The number of nitrogens with zero attached hydrogens (tertiary/aromatic N) is 1. The molecule has 0 saturated carbocycles. The molecule has 7 heavy (non-hydrogen) atoms. The Bertz CT molecular complexity index is 33.2. The Morgan fingerprint density at radius 3 is 2.29 bits per heavy atom. The molecule has 0 fully saturated rings. The lowest BCUT2D eigenvalue weighted by Crippen LogP contribution is -2.14. The van der Waals surface area contributed by atoms with Gasteiger partial charge in [0.1, 0.15) is 0 Å². The molecule has 1 heteroatoms. The third-order valence-corrected chi connectivity index (χ3v) is 0.653. The molecular weight excluding hydrogens is 86.1 g/mol. The summed E-state index contributed by atoms with van der Waals surface area (Å²) in [5.74, 6) is 0. The lowest BCUT2D eigenvalue weighted by atomic mass is 10.4. The van der Waals surface area contributed by atoms with Crippen molar-refractivity contribution in [1.29, 1.82) is 0 Å². The summed E-state index contributed by atoms with van der Waals surface area (Å²) in [5.41, 5.74) is 0. The summed E-state index contributed by atoms with van der Waals surface area (Å²) in [7, 11) is 0. The Hall–Kier alpha value is -0.0400. The highest BCUT2D eigenvalue weighted by atomic mass is 14.9. The zero-order valence-electron chi connectivity index (χ0n) is 5.31. The minimum Gasteiger partial charge on any atom is -0.239 e. The van der Waals surface area contributed by atoms with E-state index in [1.54, 1.807) is 0 Å². The Labute approximate surface area is 46.1 Å². The van der Waals surface area contributed by atoms with Gasteiger partial charge in [-0.05, 0) is 20.3 Å². The molecule has 0 aliphatic heterocycles. The molecule has 0 aromatic carbocycles. The molecule has 0 saturated heterocycles. The summed E-state index contributed by atoms with van der Waals surface area (Å²) >= 11 is 0. The third kappa shape index (κ3) is 5.96. The Kier molecular flexibility index (Phi) is 4.10. The van der Waals surface area contributed by atoms with E-state index in [2.05, 4.69) is 25.6 Å². The van der Waals surface area contributed by atoms with Crippen molar-refractivity contribution in [3.8, 4) is 0 Å². The summed E-state index contributed by atoms with van der Waals surface area (Å²) in [6.45, 7) is 7.09. The molecule has 0 aromatic heterocycles. The molecule has 0 N–H and O–H groups in total. The molecule has 42 valence electrons. The molecule has 0 rings (SSSR count). The first-order valence-corrected chi connectivity index (χ1v) is 2.71. The van der Waals surface area contributed by atoms with Crippen LogP contribution in [0.5, 0.6) is 0 Å². The van der Waals surface area contributed by atoms with Crippen LogP contribution < -0.4 is 5.32 Å². The first-order chi connectivity index (χ1) is 3.27. The second kappa shape index (κ2) is 4.13. The van der Waals surface area contributed by atoms with Gasteiger partial charge >= 0.3 is 0 Å². The van der Waals surface area contributed by atoms with Gasteiger partial charge in [-0.1, -0.05) is 6.92 Å². The second-order valence-corrected chi connectivity index (χ2v) is 1.87. The summed E-state index contributed by atoms with van der Waals surface area (Å²) in [6.07, 6.45) is 2.06. The predicted molar refractivity (Wildman–Crippen MR) is 32.1 cm³/mol. The van der Waals surface area contributed by atoms with Crippen molar-refractivity contribution >= 4 is 0 Å². The maximum atomic E-state index is 4.19. The molecule has 0 aliphatic rings. The second-order valence-electron chi connectivity index (χ2n) is 1.87. The molecule has 0 aromatic rings. The smallest absolute Gasteiger partial charge is 0.0189 e. The van der Waals surface area contributed by atoms with Crippen molar-refractivity contribution in [3.05, 3.63) is 6.42 Å². The first kappa shape index (κ1) is 6.96. The van der Waals surface area contributed by atoms with Crippen LogP contribution in [0.4, 0.5) is 0 Å². The number of rotatable bonds is 3. The van der Waals surface area contributed by atoms with Gasteiger partial charge in [0.15, 0.2) is 0 Å². The number of hydrogen-bond acceptors (Lipinski definition) is 0. The Balaban J connectivity index is 2.68. The molecule has 0 aliphatic carbocycles. The highest BCUT2D eigenvalue weighted by molar-refractivity contribution is 4.61. The molecule has 0 bridgehead atoms. The van der Waals surface area contributed by atoms with Crippen LogP contribution in [0.25, 0.3) is 0 Å². The van der Waals surface area contributed by atoms with Gasteiger partial charge in [-0.2, -0.15) is 0 Å². The van der Waals surface area contributed by atoms with E-state index in [0.29, 0.717) is 6.04 Å². The normalized spacial score (nSPS) is 10.3. The van der Waals surface area contributed by atoms with Crippen LogP contribution in [-0.2, 0) is 0 Å². The molecule has 2 radical (unpaired) electrons. The SMILES string of the molecule is C[CH]C[N]C(C)C. The molecule has 0 heterocycles. The van der Waals surface area contributed by atoms with E-state index in [1.165, 1.54) is 0 Å².